The van der Waals surface area contributed by atoms with E-state index in [2.05, 4.69) is 25.8 Å². The first kappa shape index (κ1) is 8.30. The Kier molecular flexibility index (Phi) is 1.65. The van der Waals surface area contributed by atoms with Crippen LogP contribution in [-0.2, 0) is 5.41 Å². The minimum absolute atomic E-state index is 0.110. The minimum Gasteiger partial charge on any atom is -0.462 e. The van der Waals surface area contributed by atoms with E-state index in [0.29, 0.717) is 0 Å². The van der Waals surface area contributed by atoms with Crippen LogP contribution in [0.2, 0.25) is 0 Å². The van der Waals surface area contributed by atoms with Gasteiger partial charge in [0.05, 0.1) is 6.26 Å². The molecule has 0 unspecified atom stereocenters. The normalized spacial score (nSPS) is 12.2. The zero-order valence-electron chi connectivity index (χ0n) is 8.16. The van der Waals surface area contributed by atoms with Gasteiger partial charge in [-0.05, 0) is 11.5 Å². The minimum atomic E-state index is 0.110. The number of rotatable bonds is 0. The van der Waals surface area contributed by atoms with Crippen LogP contribution in [0.25, 0.3) is 11.1 Å². The maximum Gasteiger partial charge on any atom is 0.155 e. The molecule has 0 bridgehead atoms. The van der Waals surface area contributed by atoms with Crippen molar-refractivity contribution in [1.29, 1.82) is 0 Å². The van der Waals surface area contributed by atoms with Crippen LogP contribution in [0.3, 0.4) is 0 Å². The van der Waals surface area contributed by atoms with Crippen LogP contribution in [0.4, 0.5) is 0 Å². The van der Waals surface area contributed by atoms with Crippen molar-refractivity contribution in [2.75, 3.05) is 0 Å². The summed E-state index contributed by atoms with van der Waals surface area (Å²) in [6.07, 6.45) is 3.52. The van der Waals surface area contributed by atoms with Crippen LogP contribution in [-0.4, -0.2) is 4.98 Å². The molecular formula is C11H13NO. The van der Waals surface area contributed by atoms with Gasteiger partial charge in [0.25, 0.3) is 0 Å². The Bertz CT molecular complexity index is 423. The average molecular weight is 175 g/mol. The van der Waals surface area contributed by atoms with Crippen molar-refractivity contribution in [3.8, 4) is 0 Å². The van der Waals surface area contributed by atoms with Crippen molar-refractivity contribution < 1.29 is 4.42 Å². The number of pyridine rings is 1. The summed E-state index contributed by atoms with van der Waals surface area (Å²) in [4.78, 5) is 4.22. The fourth-order valence-electron chi connectivity index (χ4n) is 1.46. The SMILES string of the molecule is CC(C)(C)c1ccnc2ccoc12. The largest absolute Gasteiger partial charge is 0.462 e. The van der Waals surface area contributed by atoms with Gasteiger partial charge in [-0.15, -0.1) is 0 Å². The van der Waals surface area contributed by atoms with Crippen LogP contribution in [0.1, 0.15) is 26.3 Å². The van der Waals surface area contributed by atoms with Crippen LogP contribution >= 0.6 is 0 Å². The van der Waals surface area contributed by atoms with Crippen LogP contribution in [0.15, 0.2) is 29.0 Å². The van der Waals surface area contributed by atoms with Crippen molar-refractivity contribution >= 4 is 11.1 Å². The molecule has 0 spiro atoms. The fraction of sp³-hybridized carbons (Fsp3) is 0.364. The van der Waals surface area contributed by atoms with Gasteiger partial charge in [0.1, 0.15) is 5.52 Å². The van der Waals surface area contributed by atoms with Crippen LogP contribution < -0.4 is 0 Å². The van der Waals surface area contributed by atoms with E-state index in [-0.39, 0.29) is 5.41 Å². The molecule has 68 valence electrons. The van der Waals surface area contributed by atoms with E-state index < -0.39 is 0 Å². The standard InChI is InChI=1S/C11H13NO/c1-11(2,3)8-4-6-12-9-5-7-13-10(8)9/h4-7H,1-3H3. The van der Waals surface area contributed by atoms with E-state index in [1.54, 1.807) is 6.26 Å². The van der Waals surface area contributed by atoms with E-state index in [4.69, 9.17) is 4.42 Å². The maximum absolute atomic E-state index is 5.41. The summed E-state index contributed by atoms with van der Waals surface area (Å²) in [5.41, 5.74) is 3.17. The van der Waals surface area contributed by atoms with Crippen molar-refractivity contribution in [2.45, 2.75) is 26.2 Å². The lowest BCUT2D eigenvalue weighted by atomic mass is 9.87. The second kappa shape index (κ2) is 2.59. The van der Waals surface area contributed by atoms with Gasteiger partial charge in [-0.2, -0.15) is 0 Å². The molecule has 0 saturated carbocycles. The summed E-state index contributed by atoms with van der Waals surface area (Å²) in [6.45, 7) is 6.51. The van der Waals surface area contributed by atoms with Gasteiger partial charge in [0, 0.05) is 17.8 Å². The molecule has 0 radical (unpaired) electrons. The number of aromatic nitrogens is 1. The molecule has 2 rings (SSSR count). The molecule has 2 aromatic rings. The summed E-state index contributed by atoms with van der Waals surface area (Å²) < 4.78 is 5.41. The molecule has 0 N–H and O–H groups in total. The maximum atomic E-state index is 5.41. The Morgan fingerprint density at radius 3 is 2.69 bits per heavy atom. The predicted octanol–water partition coefficient (Wildman–Crippen LogP) is 3.13. The Labute approximate surface area is 77.6 Å². The summed E-state index contributed by atoms with van der Waals surface area (Å²) in [5.74, 6) is 0. The molecule has 0 aromatic carbocycles. The topological polar surface area (TPSA) is 26.0 Å². The summed E-state index contributed by atoms with van der Waals surface area (Å²) in [7, 11) is 0. The Morgan fingerprint density at radius 1 is 1.23 bits per heavy atom. The third kappa shape index (κ3) is 1.32. The predicted molar refractivity (Wildman–Crippen MR) is 52.7 cm³/mol. The molecule has 2 aromatic heterocycles. The first-order chi connectivity index (χ1) is 6.09. The van der Waals surface area contributed by atoms with E-state index in [9.17, 15) is 0 Å². The lowest BCUT2D eigenvalue weighted by Gasteiger charge is -2.18. The van der Waals surface area contributed by atoms with Crippen LogP contribution in [0.5, 0.6) is 0 Å². The first-order valence-corrected chi connectivity index (χ1v) is 4.42. The number of hydrogen-bond donors (Lipinski definition) is 0. The second-order valence-corrected chi connectivity index (χ2v) is 4.24. The van der Waals surface area contributed by atoms with Gasteiger partial charge in [-0.25, -0.2) is 0 Å². The molecular weight excluding hydrogens is 162 g/mol. The Hall–Kier alpha value is -1.31. The molecule has 0 amide bonds. The van der Waals surface area contributed by atoms with Gasteiger partial charge in [-0.3, -0.25) is 4.98 Å². The first-order valence-electron chi connectivity index (χ1n) is 4.42. The highest BCUT2D eigenvalue weighted by Crippen LogP contribution is 2.28. The fourth-order valence-corrected chi connectivity index (χ4v) is 1.46. The zero-order valence-corrected chi connectivity index (χ0v) is 8.16. The molecule has 0 aliphatic carbocycles. The molecule has 0 aliphatic rings. The third-order valence-corrected chi connectivity index (χ3v) is 2.15. The second-order valence-electron chi connectivity index (χ2n) is 4.24. The monoisotopic (exact) mass is 175 g/mol. The van der Waals surface area contributed by atoms with E-state index in [0.717, 1.165) is 11.1 Å². The summed E-state index contributed by atoms with van der Waals surface area (Å²) >= 11 is 0. The van der Waals surface area contributed by atoms with Crippen molar-refractivity contribution in [1.82, 2.24) is 4.98 Å². The highest BCUT2D eigenvalue weighted by Gasteiger charge is 2.18. The molecule has 13 heavy (non-hydrogen) atoms. The lowest BCUT2D eigenvalue weighted by Crippen LogP contribution is -2.11. The van der Waals surface area contributed by atoms with E-state index >= 15 is 0 Å². The summed E-state index contributed by atoms with van der Waals surface area (Å²) in [6, 6.07) is 3.91. The lowest BCUT2D eigenvalue weighted by molar-refractivity contribution is 0.558. The molecule has 0 aliphatic heterocycles. The molecule has 2 heterocycles. The number of nitrogens with zero attached hydrogens (tertiary/aromatic N) is 1. The number of furan rings is 1. The molecule has 2 heteroatoms. The van der Waals surface area contributed by atoms with Gasteiger partial charge in [0.2, 0.25) is 0 Å². The van der Waals surface area contributed by atoms with Crippen molar-refractivity contribution in [2.24, 2.45) is 0 Å². The average Bonchev–Trinajstić information content (AvgIpc) is 2.48. The van der Waals surface area contributed by atoms with E-state index in [1.807, 2.05) is 18.3 Å². The van der Waals surface area contributed by atoms with Gasteiger partial charge >= 0.3 is 0 Å². The van der Waals surface area contributed by atoms with Crippen molar-refractivity contribution in [3.05, 3.63) is 30.2 Å². The van der Waals surface area contributed by atoms with E-state index in [1.165, 1.54) is 5.56 Å². The Balaban J connectivity index is 2.75. The van der Waals surface area contributed by atoms with Gasteiger partial charge in [-0.1, -0.05) is 20.8 Å². The number of fused-ring (bicyclic) bond motifs is 1. The summed E-state index contributed by atoms with van der Waals surface area (Å²) in [5, 5.41) is 0. The van der Waals surface area contributed by atoms with Gasteiger partial charge in [0.15, 0.2) is 5.58 Å². The highest BCUT2D eigenvalue weighted by atomic mass is 16.3. The smallest absolute Gasteiger partial charge is 0.155 e. The van der Waals surface area contributed by atoms with Gasteiger partial charge < -0.3 is 4.42 Å². The third-order valence-electron chi connectivity index (χ3n) is 2.15. The van der Waals surface area contributed by atoms with Crippen LogP contribution in [0, 0.1) is 0 Å². The molecule has 2 nitrogen and oxygen atoms in total. The highest BCUT2D eigenvalue weighted by molar-refractivity contribution is 5.76. The molecule has 0 atom stereocenters. The van der Waals surface area contributed by atoms with Crippen molar-refractivity contribution in [3.63, 3.8) is 0 Å². The zero-order chi connectivity index (χ0) is 9.47. The molecule has 0 saturated heterocycles. The quantitative estimate of drug-likeness (QED) is 0.614. The number of hydrogen-bond acceptors (Lipinski definition) is 2. The molecule has 0 fully saturated rings. The Morgan fingerprint density at radius 2 is 2.00 bits per heavy atom.